The highest BCUT2D eigenvalue weighted by atomic mass is 16.4. The normalized spacial score (nSPS) is 11.2. The highest BCUT2D eigenvalue weighted by Gasteiger charge is 2.23. The van der Waals surface area contributed by atoms with Gasteiger partial charge >= 0.3 is 5.97 Å². The lowest BCUT2D eigenvalue weighted by Gasteiger charge is -2.17. The maximum atomic E-state index is 13.2. The third-order valence-corrected chi connectivity index (χ3v) is 5.76. The summed E-state index contributed by atoms with van der Waals surface area (Å²) in [5.74, 6) is -2.74. The van der Waals surface area contributed by atoms with Gasteiger partial charge < -0.3 is 21.1 Å². The lowest BCUT2D eigenvalue weighted by atomic mass is 10.0. The molecular weight excluding hydrogens is 482 g/mol. The number of carbonyl (C=O) groups is 4. The minimum Gasteiger partial charge on any atom is -0.480 e. The van der Waals surface area contributed by atoms with Crippen LogP contribution in [0.1, 0.15) is 36.6 Å². The van der Waals surface area contributed by atoms with Gasteiger partial charge in [0.2, 0.25) is 0 Å². The second kappa shape index (κ2) is 12.1. The Labute approximate surface area is 219 Å². The molecule has 0 radical (unpaired) electrons. The molecule has 0 heterocycles. The first-order valence-electron chi connectivity index (χ1n) is 11.9. The molecule has 0 aliphatic heterocycles. The van der Waals surface area contributed by atoms with E-state index in [0.29, 0.717) is 11.3 Å². The Kier molecular flexibility index (Phi) is 8.25. The highest BCUT2D eigenvalue weighted by Crippen LogP contribution is 2.21. The first-order valence-corrected chi connectivity index (χ1v) is 11.9. The van der Waals surface area contributed by atoms with Crippen LogP contribution in [0.5, 0.6) is 0 Å². The smallest absolute Gasteiger partial charge is 0.326 e. The number of benzene rings is 4. The Balaban J connectivity index is 1.51. The zero-order valence-corrected chi connectivity index (χ0v) is 20.3. The van der Waals surface area contributed by atoms with Crippen molar-refractivity contribution in [2.75, 3.05) is 10.6 Å². The Morgan fingerprint density at radius 1 is 0.579 bits per heavy atom. The van der Waals surface area contributed by atoms with Gasteiger partial charge in [-0.15, -0.1) is 0 Å². The largest absolute Gasteiger partial charge is 0.480 e. The standard InChI is InChI=1S/C30H25N3O5/c34-27(21-13-5-2-6-14-21)31-24-17-9-7-15-22(24)28(35)32-25-18-10-8-16-23(25)29(36)33-26(30(37)38)19-20-11-3-1-4-12-20/h1-18,26H,19H2,(H,31,34)(H,32,35)(H,33,36)(H,37,38). The molecule has 4 aromatic carbocycles. The molecule has 8 heteroatoms. The van der Waals surface area contributed by atoms with E-state index < -0.39 is 23.8 Å². The first-order chi connectivity index (χ1) is 18.4. The number of aliphatic carboxylic acids is 1. The minimum atomic E-state index is -1.17. The van der Waals surface area contributed by atoms with Gasteiger partial charge in [-0.3, -0.25) is 14.4 Å². The Morgan fingerprint density at radius 2 is 1.05 bits per heavy atom. The fraction of sp³-hybridized carbons (Fsp3) is 0.0667. The number of rotatable bonds is 9. The third-order valence-electron chi connectivity index (χ3n) is 5.76. The maximum absolute atomic E-state index is 13.2. The predicted octanol–water partition coefficient (Wildman–Crippen LogP) is 4.62. The summed E-state index contributed by atoms with van der Waals surface area (Å²) < 4.78 is 0. The maximum Gasteiger partial charge on any atom is 0.326 e. The number of nitrogens with one attached hydrogen (secondary N) is 3. The van der Waals surface area contributed by atoms with Crippen molar-refractivity contribution >= 4 is 35.1 Å². The second-order valence-corrected chi connectivity index (χ2v) is 8.42. The van der Waals surface area contributed by atoms with E-state index in [4.69, 9.17) is 0 Å². The number of hydrogen-bond donors (Lipinski definition) is 4. The lowest BCUT2D eigenvalue weighted by molar-refractivity contribution is -0.139. The zero-order chi connectivity index (χ0) is 26.9. The number of anilines is 2. The molecule has 4 aromatic rings. The average Bonchev–Trinajstić information content (AvgIpc) is 2.94. The van der Waals surface area contributed by atoms with Gasteiger partial charge in [0.15, 0.2) is 0 Å². The fourth-order valence-corrected chi connectivity index (χ4v) is 3.84. The van der Waals surface area contributed by atoms with Crippen LogP contribution in [-0.2, 0) is 11.2 Å². The van der Waals surface area contributed by atoms with E-state index in [1.807, 2.05) is 6.07 Å². The summed E-state index contributed by atoms with van der Waals surface area (Å²) >= 11 is 0. The van der Waals surface area contributed by atoms with E-state index in [1.165, 1.54) is 6.07 Å². The van der Waals surface area contributed by atoms with Crippen molar-refractivity contribution in [2.45, 2.75) is 12.5 Å². The van der Waals surface area contributed by atoms with Crippen molar-refractivity contribution in [3.05, 3.63) is 131 Å². The highest BCUT2D eigenvalue weighted by molar-refractivity contribution is 6.14. The Hall–Kier alpha value is -5.24. The number of carbonyl (C=O) groups excluding carboxylic acids is 3. The van der Waals surface area contributed by atoms with Crippen LogP contribution >= 0.6 is 0 Å². The molecule has 4 N–H and O–H groups in total. The van der Waals surface area contributed by atoms with E-state index in [-0.39, 0.29) is 29.1 Å². The van der Waals surface area contributed by atoms with Crippen molar-refractivity contribution in [1.29, 1.82) is 0 Å². The molecule has 8 nitrogen and oxygen atoms in total. The molecule has 1 atom stereocenters. The van der Waals surface area contributed by atoms with Crippen molar-refractivity contribution in [2.24, 2.45) is 0 Å². The molecule has 190 valence electrons. The van der Waals surface area contributed by atoms with Crippen molar-refractivity contribution in [3.63, 3.8) is 0 Å². The van der Waals surface area contributed by atoms with Crippen molar-refractivity contribution in [3.8, 4) is 0 Å². The molecule has 0 bridgehead atoms. The summed E-state index contributed by atoms with van der Waals surface area (Å²) in [6, 6.07) is 29.2. The lowest BCUT2D eigenvalue weighted by Crippen LogP contribution is -2.42. The molecule has 4 rings (SSSR count). The van der Waals surface area contributed by atoms with E-state index in [1.54, 1.807) is 97.1 Å². The Bertz CT molecular complexity index is 1460. The number of carboxylic acid groups (broad SMARTS) is 1. The van der Waals surface area contributed by atoms with Crippen LogP contribution in [-0.4, -0.2) is 34.8 Å². The van der Waals surface area contributed by atoms with Crippen LogP contribution in [0.4, 0.5) is 11.4 Å². The van der Waals surface area contributed by atoms with Crippen LogP contribution in [0.15, 0.2) is 109 Å². The van der Waals surface area contributed by atoms with Crippen LogP contribution in [0.2, 0.25) is 0 Å². The van der Waals surface area contributed by atoms with Gasteiger partial charge in [0, 0.05) is 12.0 Å². The average molecular weight is 508 g/mol. The summed E-state index contributed by atoms with van der Waals surface area (Å²) in [5, 5.41) is 17.7. The van der Waals surface area contributed by atoms with Crippen molar-refractivity contribution in [1.82, 2.24) is 5.32 Å². The summed E-state index contributed by atoms with van der Waals surface area (Å²) in [7, 11) is 0. The summed E-state index contributed by atoms with van der Waals surface area (Å²) in [5.41, 5.74) is 1.99. The number of amides is 3. The van der Waals surface area contributed by atoms with Gasteiger partial charge in [0.05, 0.1) is 22.5 Å². The zero-order valence-electron chi connectivity index (χ0n) is 20.3. The monoisotopic (exact) mass is 507 g/mol. The van der Waals surface area contributed by atoms with Gasteiger partial charge in [-0.25, -0.2) is 4.79 Å². The van der Waals surface area contributed by atoms with E-state index in [2.05, 4.69) is 16.0 Å². The number of para-hydroxylation sites is 2. The van der Waals surface area contributed by atoms with Crippen molar-refractivity contribution < 1.29 is 24.3 Å². The second-order valence-electron chi connectivity index (χ2n) is 8.42. The number of hydrogen-bond acceptors (Lipinski definition) is 4. The van der Waals surface area contributed by atoms with E-state index >= 15 is 0 Å². The molecular formula is C30H25N3O5. The van der Waals surface area contributed by atoms with E-state index in [9.17, 15) is 24.3 Å². The molecule has 3 amide bonds. The molecule has 0 saturated carbocycles. The summed E-state index contributed by atoms with van der Waals surface area (Å²) in [4.78, 5) is 50.7. The summed E-state index contributed by atoms with van der Waals surface area (Å²) in [6.45, 7) is 0. The molecule has 0 spiro atoms. The molecule has 0 fully saturated rings. The SMILES string of the molecule is O=C(Nc1ccccc1C(=O)Nc1ccccc1C(=O)NC(Cc1ccccc1)C(=O)O)c1ccccc1. The molecule has 0 aliphatic carbocycles. The quantitative estimate of drug-likeness (QED) is 0.263. The van der Waals surface area contributed by atoms with Crippen LogP contribution < -0.4 is 16.0 Å². The molecule has 0 aromatic heterocycles. The molecule has 0 aliphatic rings. The van der Waals surface area contributed by atoms with Gasteiger partial charge in [-0.2, -0.15) is 0 Å². The van der Waals surface area contributed by atoms with Gasteiger partial charge in [-0.05, 0) is 42.0 Å². The van der Waals surface area contributed by atoms with Gasteiger partial charge in [-0.1, -0.05) is 72.8 Å². The number of carboxylic acids is 1. The first kappa shape index (κ1) is 25.8. The van der Waals surface area contributed by atoms with Crippen LogP contribution in [0.3, 0.4) is 0 Å². The predicted molar refractivity (Wildman–Crippen MR) is 144 cm³/mol. The van der Waals surface area contributed by atoms with Crippen LogP contribution in [0, 0.1) is 0 Å². The Morgan fingerprint density at radius 3 is 1.63 bits per heavy atom. The molecule has 1 unspecified atom stereocenters. The van der Waals surface area contributed by atoms with Crippen LogP contribution in [0.25, 0.3) is 0 Å². The van der Waals surface area contributed by atoms with Gasteiger partial charge in [0.25, 0.3) is 17.7 Å². The molecule has 0 saturated heterocycles. The minimum absolute atomic E-state index is 0.102. The third kappa shape index (κ3) is 6.50. The fourth-order valence-electron chi connectivity index (χ4n) is 3.84. The summed E-state index contributed by atoms with van der Waals surface area (Å²) in [6.07, 6.45) is 0.102. The van der Waals surface area contributed by atoms with Gasteiger partial charge in [0.1, 0.15) is 6.04 Å². The molecule has 38 heavy (non-hydrogen) atoms. The van der Waals surface area contributed by atoms with E-state index in [0.717, 1.165) is 5.56 Å². The topological polar surface area (TPSA) is 125 Å².